The van der Waals surface area contributed by atoms with Crippen molar-refractivity contribution in [3.8, 4) is 0 Å². The third kappa shape index (κ3) is 4.35. The first-order valence-corrected chi connectivity index (χ1v) is 6.45. The van der Waals surface area contributed by atoms with Crippen molar-refractivity contribution in [2.75, 3.05) is 6.54 Å². The molecule has 1 aromatic heterocycles. The monoisotopic (exact) mass is 236 g/mol. The molecule has 1 rings (SSSR count). The molecule has 1 unspecified atom stereocenters. The van der Waals surface area contributed by atoms with Crippen LogP contribution in [0, 0.1) is 12.8 Å². The van der Waals surface area contributed by atoms with Crippen molar-refractivity contribution >= 4 is 0 Å². The Morgan fingerprint density at radius 2 is 2.12 bits per heavy atom. The predicted molar refractivity (Wildman–Crippen MR) is 72.4 cm³/mol. The van der Waals surface area contributed by atoms with Gasteiger partial charge in [0.05, 0.1) is 0 Å². The van der Waals surface area contributed by atoms with Gasteiger partial charge in [-0.2, -0.15) is 0 Å². The molecule has 1 aromatic rings. The Bertz CT molecular complexity index is 395. The minimum absolute atomic E-state index is 0.0916. The van der Waals surface area contributed by atoms with E-state index in [-0.39, 0.29) is 5.56 Å². The Labute approximate surface area is 104 Å². The average Bonchev–Trinajstić information content (AvgIpc) is 2.26. The molecule has 1 heterocycles. The van der Waals surface area contributed by atoms with E-state index in [4.69, 9.17) is 0 Å². The summed E-state index contributed by atoms with van der Waals surface area (Å²) < 4.78 is 1.79. The molecule has 17 heavy (non-hydrogen) atoms. The van der Waals surface area contributed by atoms with Gasteiger partial charge in [-0.15, -0.1) is 0 Å². The zero-order chi connectivity index (χ0) is 12.8. The van der Waals surface area contributed by atoms with Gasteiger partial charge in [-0.05, 0) is 37.4 Å². The van der Waals surface area contributed by atoms with Crippen LogP contribution in [0.2, 0.25) is 0 Å². The second kappa shape index (κ2) is 6.60. The molecular weight excluding hydrogens is 212 g/mol. The van der Waals surface area contributed by atoms with Gasteiger partial charge in [0.1, 0.15) is 0 Å². The first kappa shape index (κ1) is 14.0. The van der Waals surface area contributed by atoms with Crippen LogP contribution in [0.15, 0.2) is 23.1 Å². The fraction of sp³-hybridized carbons (Fsp3) is 0.643. The smallest absolute Gasteiger partial charge is 0.250 e. The third-order valence-electron chi connectivity index (χ3n) is 3.01. The Morgan fingerprint density at radius 1 is 1.41 bits per heavy atom. The molecule has 1 atom stereocenters. The summed E-state index contributed by atoms with van der Waals surface area (Å²) in [5.41, 5.74) is 1.11. The summed E-state index contributed by atoms with van der Waals surface area (Å²) in [4.78, 5) is 11.8. The number of nitrogens with one attached hydrogen (secondary N) is 1. The zero-order valence-electron chi connectivity index (χ0n) is 11.4. The van der Waals surface area contributed by atoms with Crippen molar-refractivity contribution in [1.82, 2.24) is 9.88 Å². The first-order valence-electron chi connectivity index (χ1n) is 6.45. The first-order chi connectivity index (χ1) is 8.04. The van der Waals surface area contributed by atoms with Gasteiger partial charge in [-0.3, -0.25) is 4.79 Å². The van der Waals surface area contributed by atoms with Crippen molar-refractivity contribution in [2.24, 2.45) is 5.92 Å². The van der Waals surface area contributed by atoms with Crippen molar-refractivity contribution in [3.05, 3.63) is 34.2 Å². The lowest BCUT2D eigenvalue weighted by Crippen LogP contribution is -2.40. The van der Waals surface area contributed by atoms with Crippen LogP contribution in [0.5, 0.6) is 0 Å². The van der Waals surface area contributed by atoms with Gasteiger partial charge in [0, 0.05) is 24.8 Å². The maximum Gasteiger partial charge on any atom is 0.250 e. The summed E-state index contributed by atoms with van der Waals surface area (Å²) in [5, 5.41) is 3.50. The number of rotatable bonds is 6. The molecule has 96 valence electrons. The van der Waals surface area contributed by atoms with E-state index in [1.165, 1.54) is 0 Å². The van der Waals surface area contributed by atoms with Crippen LogP contribution in [0.25, 0.3) is 0 Å². The van der Waals surface area contributed by atoms with E-state index < -0.39 is 0 Å². The molecule has 3 nitrogen and oxygen atoms in total. The highest BCUT2D eigenvalue weighted by Gasteiger charge is 2.13. The molecule has 0 aliphatic rings. The lowest BCUT2D eigenvalue weighted by molar-refractivity contribution is 0.352. The highest BCUT2D eigenvalue weighted by Crippen LogP contribution is 2.04. The second-order valence-electron chi connectivity index (χ2n) is 5.00. The molecule has 3 heteroatoms. The lowest BCUT2D eigenvalue weighted by atomic mass is 10.0. The van der Waals surface area contributed by atoms with Crippen LogP contribution in [0.3, 0.4) is 0 Å². The number of nitrogens with zero attached hydrogens (tertiary/aromatic N) is 1. The molecule has 0 aliphatic heterocycles. The maximum absolute atomic E-state index is 11.8. The SMILES string of the molecule is CCCNC(Cn1ccc(C)cc1=O)C(C)C. The van der Waals surface area contributed by atoms with Gasteiger partial charge in [0.25, 0.3) is 5.56 Å². The molecule has 0 fully saturated rings. The number of pyridine rings is 1. The Kier molecular flexibility index (Phi) is 5.42. The van der Waals surface area contributed by atoms with Crippen molar-refractivity contribution in [2.45, 2.75) is 46.7 Å². The molecule has 0 saturated heterocycles. The van der Waals surface area contributed by atoms with E-state index in [2.05, 4.69) is 26.1 Å². The van der Waals surface area contributed by atoms with Gasteiger partial charge in [-0.25, -0.2) is 0 Å². The Hall–Kier alpha value is -1.09. The Balaban J connectivity index is 2.75. The van der Waals surface area contributed by atoms with E-state index in [1.54, 1.807) is 10.6 Å². The molecule has 0 radical (unpaired) electrons. The number of hydrogen-bond donors (Lipinski definition) is 1. The van der Waals surface area contributed by atoms with E-state index in [0.717, 1.165) is 25.1 Å². The largest absolute Gasteiger partial charge is 0.314 e. The predicted octanol–water partition coefficient (Wildman–Crippen LogP) is 2.18. The maximum atomic E-state index is 11.8. The zero-order valence-corrected chi connectivity index (χ0v) is 11.4. The van der Waals surface area contributed by atoms with E-state index in [9.17, 15) is 4.79 Å². The lowest BCUT2D eigenvalue weighted by Gasteiger charge is -2.23. The fourth-order valence-electron chi connectivity index (χ4n) is 1.81. The van der Waals surface area contributed by atoms with Crippen molar-refractivity contribution in [3.63, 3.8) is 0 Å². The average molecular weight is 236 g/mol. The molecule has 0 bridgehead atoms. The van der Waals surface area contributed by atoms with Crippen molar-refractivity contribution < 1.29 is 0 Å². The van der Waals surface area contributed by atoms with Crippen LogP contribution in [0.4, 0.5) is 0 Å². The molecule has 1 N–H and O–H groups in total. The highest BCUT2D eigenvalue weighted by molar-refractivity contribution is 5.08. The fourth-order valence-corrected chi connectivity index (χ4v) is 1.81. The molecular formula is C14H24N2O. The van der Waals surface area contributed by atoms with E-state index in [1.807, 2.05) is 19.2 Å². The number of aromatic nitrogens is 1. The second-order valence-corrected chi connectivity index (χ2v) is 5.00. The van der Waals surface area contributed by atoms with Crippen LogP contribution in [-0.2, 0) is 6.54 Å². The van der Waals surface area contributed by atoms with E-state index in [0.29, 0.717) is 12.0 Å². The quantitative estimate of drug-likeness (QED) is 0.821. The topological polar surface area (TPSA) is 34.0 Å². The van der Waals surface area contributed by atoms with Crippen LogP contribution in [-0.4, -0.2) is 17.2 Å². The van der Waals surface area contributed by atoms with Crippen LogP contribution in [0.1, 0.15) is 32.8 Å². The molecule has 0 aromatic carbocycles. The summed E-state index contributed by atoms with van der Waals surface area (Å²) in [6, 6.07) is 4.03. The van der Waals surface area contributed by atoms with Gasteiger partial charge >= 0.3 is 0 Å². The van der Waals surface area contributed by atoms with E-state index >= 15 is 0 Å². The molecule has 0 aliphatic carbocycles. The molecule has 0 spiro atoms. The highest BCUT2D eigenvalue weighted by atomic mass is 16.1. The van der Waals surface area contributed by atoms with Crippen LogP contribution >= 0.6 is 0 Å². The summed E-state index contributed by atoms with van der Waals surface area (Å²) >= 11 is 0. The van der Waals surface area contributed by atoms with Gasteiger partial charge < -0.3 is 9.88 Å². The third-order valence-corrected chi connectivity index (χ3v) is 3.01. The minimum Gasteiger partial charge on any atom is -0.314 e. The molecule has 0 amide bonds. The molecule has 0 saturated carbocycles. The summed E-state index contributed by atoms with van der Waals surface area (Å²) in [5.74, 6) is 0.523. The van der Waals surface area contributed by atoms with Gasteiger partial charge in [0.15, 0.2) is 0 Å². The standard InChI is InChI=1S/C14H24N2O/c1-5-7-15-13(11(2)3)10-16-8-6-12(4)9-14(16)17/h6,8-9,11,13,15H,5,7,10H2,1-4H3. The van der Waals surface area contributed by atoms with Gasteiger partial charge in [0.2, 0.25) is 0 Å². The Morgan fingerprint density at radius 3 is 2.65 bits per heavy atom. The number of hydrogen-bond acceptors (Lipinski definition) is 2. The minimum atomic E-state index is 0.0916. The summed E-state index contributed by atoms with van der Waals surface area (Å²) in [6.45, 7) is 10.2. The summed E-state index contributed by atoms with van der Waals surface area (Å²) in [6.07, 6.45) is 3.01. The summed E-state index contributed by atoms with van der Waals surface area (Å²) in [7, 11) is 0. The normalized spacial score (nSPS) is 13.0. The van der Waals surface area contributed by atoms with Gasteiger partial charge in [-0.1, -0.05) is 20.8 Å². The number of aryl methyl sites for hydroxylation is 1. The van der Waals surface area contributed by atoms with Crippen LogP contribution < -0.4 is 10.9 Å². The van der Waals surface area contributed by atoms with Crippen molar-refractivity contribution in [1.29, 1.82) is 0 Å².